The summed E-state index contributed by atoms with van der Waals surface area (Å²) >= 11 is 0. The van der Waals surface area contributed by atoms with Gasteiger partial charge in [-0.15, -0.1) is 0 Å². The van der Waals surface area contributed by atoms with Crippen molar-refractivity contribution in [2.45, 2.75) is 144 Å². The van der Waals surface area contributed by atoms with Crippen LogP contribution in [0.15, 0.2) is 0 Å². The predicted molar refractivity (Wildman–Crippen MR) is 149 cm³/mol. The first-order valence-corrected chi connectivity index (χ1v) is 15.3. The Morgan fingerprint density at radius 1 is 0.723 bits per heavy atom. The first-order chi connectivity index (χ1) is 22.1. The summed E-state index contributed by atoms with van der Waals surface area (Å²) in [5, 5.41) is 127. The van der Waals surface area contributed by atoms with Crippen LogP contribution in [0.4, 0.5) is 0 Å². The summed E-state index contributed by atoms with van der Waals surface area (Å²) in [7, 11) is 0. The van der Waals surface area contributed by atoms with Crippen LogP contribution < -0.4 is 5.32 Å². The van der Waals surface area contributed by atoms with Crippen molar-refractivity contribution < 1.29 is 94.5 Å². The van der Waals surface area contributed by atoms with Gasteiger partial charge >= 0.3 is 0 Å². The van der Waals surface area contributed by atoms with E-state index >= 15 is 0 Å². The average molecular weight is 692 g/mol. The van der Waals surface area contributed by atoms with Gasteiger partial charge in [0.25, 0.3) is 0 Å². The molecule has 0 aromatic heterocycles. The molecule has 0 aromatic rings. The van der Waals surface area contributed by atoms with E-state index in [1.165, 1.54) is 13.8 Å². The van der Waals surface area contributed by atoms with Crippen molar-refractivity contribution in [1.82, 2.24) is 5.32 Å². The third-order valence-corrected chi connectivity index (χ3v) is 8.45. The van der Waals surface area contributed by atoms with Gasteiger partial charge < -0.3 is 95.0 Å². The number of ether oxygens (including phenoxy) is 6. The molecule has 0 saturated carbocycles. The van der Waals surface area contributed by atoms with Gasteiger partial charge in [-0.3, -0.25) is 4.79 Å². The Morgan fingerprint density at radius 3 is 1.85 bits per heavy atom. The summed E-state index contributed by atoms with van der Waals surface area (Å²) in [4.78, 5) is 12.0. The lowest BCUT2D eigenvalue weighted by atomic mass is 9.95. The highest BCUT2D eigenvalue weighted by molar-refractivity contribution is 5.73. The Balaban J connectivity index is 2.08. The fourth-order valence-corrected chi connectivity index (χ4v) is 5.59. The van der Waals surface area contributed by atoms with Gasteiger partial charge in [-0.05, 0) is 13.3 Å². The van der Waals surface area contributed by atoms with Crippen molar-refractivity contribution in [3.05, 3.63) is 0 Å². The number of rotatable bonds is 14. The minimum atomic E-state index is -1.93. The Hall–Kier alpha value is -1.25. The standard InChI is InChI=1S/C27H49NO19/c1-4-10(33)16(36)22(11(34)5-29)45-27-24(47-26-21(41)20(40)15(35)8(2)42-26)23(18(38)13(7-31)44-27)46-25-14(28-9(3)32)19(39)17(37)12(6-30)43-25/h8,10-27,29-31,33-41H,4-7H2,1-3H3,(H,28,32)/t8?,10?,11?,12?,13?,14?,15-,16-,17+,18+,19-,20+,21?,22-,23+,24?,25-,26+,27+/m1/s1. The molecule has 20 nitrogen and oxygen atoms in total. The maximum absolute atomic E-state index is 12.0. The maximum Gasteiger partial charge on any atom is 0.217 e. The van der Waals surface area contributed by atoms with Gasteiger partial charge in [0.05, 0.1) is 32.0 Å². The van der Waals surface area contributed by atoms with E-state index in [4.69, 9.17) is 28.4 Å². The summed E-state index contributed by atoms with van der Waals surface area (Å²) < 4.78 is 34.5. The zero-order valence-corrected chi connectivity index (χ0v) is 26.0. The highest BCUT2D eigenvalue weighted by atomic mass is 16.8. The molecule has 47 heavy (non-hydrogen) atoms. The number of amides is 1. The van der Waals surface area contributed by atoms with Gasteiger partial charge in [0.15, 0.2) is 18.9 Å². The molecule has 20 heteroatoms. The molecule has 3 rings (SSSR count). The second-order valence-corrected chi connectivity index (χ2v) is 11.8. The van der Waals surface area contributed by atoms with E-state index in [9.17, 15) is 66.1 Å². The van der Waals surface area contributed by atoms with Gasteiger partial charge in [0, 0.05) is 6.92 Å². The van der Waals surface area contributed by atoms with Crippen LogP contribution in [0.3, 0.4) is 0 Å². The van der Waals surface area contributed by atoms with Crippen LogP contribution in [-0.2, 0) is 33.2 Å². The molecule has 19 atom stereocenters. The van der Waals surface area contributed by atoms with E-state index in [1.54, 1.807) is 0 Å². The molecule has 0 spiro atoms. The molecule has 3 fully saturated rings. The number of nitrogens with one attached hydrogen (secondary N) is 1. The van der Waals surface area contributed by atoms with E-state index in [1.807, 2.05) is 0 Å². The highest BCUT2D eigenvalue weighted by Gasteiger charge is 2.55. The van der Waals surface area contributed by atoms with Crippen LogP contribution in [0.25, 0.3) is 0 Å². The Kier molecular flexibility index (Phi) is 15.1. The van der Waals surface area contributed by atoms with Crippen molar-refractivity contribution >= 4 is 5.91 Å². The molecule has 0 radical (unpaired) electrons. The van der Waals surface area contributed by atoms with Crippen LogP contribution >= 0.6 is 0 Å². The lowest BCUT2D eigenvalue weighted by Crippen LogP contribution is -2.69. The van der Waals surface area contributed by atoms with Crippen molar-refractivity contribution in [2.75, 3.05) is 19.8 Å². The molecule has 8 unspecified atom stereocenters. The van der Waals surface area contributed by atoms with Crippen molar-refractivity contribution in [2.24, 2.45) is 0 Å². The quantitative estimate of drug-likeness (QED) is 0.0804. The number of aliphatic hydroxyl groups excluding tert-OH is 12. The van der Waals surface area contributed by atoms with Gasteiger partial charge in [0.1, 0.15) is 85.4 Å². The topological polar surface area (TPSA) is 327 Å². The van der Waals surface area contributed by atoms with Gasteiger partial charge in [0.2, 0.25) is 5.91 Å². The first kappa shape index (κ1) is 40.2. The number of carbonyl (C=O) groups excluding carboxylic acids is 1. The molecule has 0 aromatic carbocycles. The number of hydrogen-bond acceptors (Lipinski definition) is 19. The van der Waals surface area contributed by atoms with Gasteiger partial charge in [-0.25, -0.2) is 0 Å². The number of aliphatic hydroxyl groups is 12. The molecular weight excluding hydrogens is 642 g/mol. The molecule has 0 aliphatic carbocycles. The molecule has 3 aliphatic heterocycles. The van der Waals surface area contributed by atoms with E-state index in [2.05, 4.69) is 5.32 Å². The molecule has 276 valence electrons. The van der Waals surface area contributed by atoms with E-state index < -0.39 is 142 Å². The van der Waals surface area contributed by atoms with Crippen molar-refractivity contribution in [1.29, 1.82) is 0 Å². The van der Waals surface area contributed by atoms with E-state index in [-0.39, 0.29) is 6.42 Å². The van der Waals surface area contributed by atoms with Crippen LogP contribution in [0.1, 0.15) is 27.2 Å². The second-order valence-electron chi connectivity index (χ2n) is 11.8. The first-order valence-electron chi connectivity index (χ1n) is 15.3. The Bertz CT molecular complexity index is 967. The highest BCUT2D eigenvalue weighted by Crippen LogP contribution is 2.35. The molecule has 3 heterocycles. The lowest BCUT2D eigenvalue weighted by molar-refractivity contribution is -0.393. The summed E-state index contributed by atoms with van der Waals surface area (Å²) in [6, 6.07) is -1.54. The molecule has 1 amide bonds. The minimum Gasteiger partial charge on any atom is -0.394 e. The van der Waals surface area contributed by atoms with Gasteiger partial charge in [-0.2, -0.15) is 0 Å². The SMILES string of the molecule is CCC(O)[C@@H](O)[C@H](O[C@@H]1OC(CO)[C@H](O)[C@H](O[C@H]2OC(CO)[C@H](O)[C@H](O)C2NC(C)=O)C1O[C@@H]1OC(C)[C@@H](O)[C@H](O)C1O)C(O)CO. The van der Waals surface area contributed by atoms with Crippen molar-refractivity contribution in [3.63, 3.8) is 0 Å². The molecular formula is C27H49NO19. The fraction of sp³-hybridized carbons (Fsp3) is 0.963. The zero-order chi connectivity index (χ0) is 35.3. The van der Waals surface area contributed by atoms with E-state index in [0.29, 0.717) is 0 Å². The Labute approximate surface area is 269 Å². The third-order valence-electron chi connectivity index (χ3n) is 8.45. The van der Waals surface area contributed by atoms with Crippen LogP contribution in [0.2, 0.25) is 0 Å². The summed E-state index contributed by atoms with van der Waals surface area (Å²) in [6.07, 6.45) is -31.1. The molecule has 0 bridgehead atoms. The summed E-state index contributed by atoms with van der Waals surface area (Å²) in [5.74, 6) is -0.708. The van der Waals surface area contributed by atoms with Crippen LogP contribution in [0, 0.1) is 0 Å². The third kappa shape index (κ3) is 9.11. The average Bonchev–Trinajstić information content (AvgIpc) is 3.05. The largest absolute Gasteiger partial charge is 0.394 e. The zero-order valence-electron chi connectivity index (χ0n) is 26.0. The van der Waals surface area contributed by atoms with Crippen LogP contribution in [0.5, 0.6) is 0 Å². The fourth-order valence-electron chi connectivity index (χ4n) is 5.59. The maximum atomic E-state index is 12.0. The second kappa shape index (κ2) is 17.6. The molecule has 3 saturated heterocycles. The monoisotopic (exact) mass is 691 g/mol. The normalized spacial score (nSPS) is 43.9. The smallest absolute Gasteiger partial charge is 0.217 e. The number of carbonyl (C=O) groups is 1. The Morgan fingerprint density at radius 2 is 1.30 bits per heavy atom. The number of hydrogen-bond donors (Lipinski definition) is 13. The van der Waals surface area contributed by atoms with Gasteiger partial charge in [-0.1, -0.05) is 6.92 Å². The summed E-state index contributed by atoms with van der Waals surface area (Å²) in [5.41, 5.74) is 0. The molecule has 3 aliphatic rings. The van der Waals surface area contributed by atoms with Crippen LogP contribution in [-0.4, -0.2) is 203 Å². The predicted octanol–water partition coefficient (Wildman–Crippen LogP) is -7.52. The summed E-state index contributed by atoms with van der Waals surface area (Å²) in [6.45, 7) is 1.21. The lowest BCUT2D eigenvalue weighted by Gasteiger charge is -2.50. The minimum absolute atomic E-state index is 0.0295. The van der Waals surface area contributed by atoms with E-state index in [0.717, 1.165) is 6.92 Å². The molecule has 13 N–H and O–H groups in total. The van der Waals surface area contributed by atoms with Crippen molar-refractivity contribution in [3.8, 4) is 0 Å².